The molecule has 2 saturated heterocycles. The Labute approximate surface area is 177 Å². The fraction of sp³-hybridized carbons (Fsp3) is 0.524. The molecule has 0 bridgehead atoms. The van der Waals surface area contributed by atoms with Crippen LogP contribution < -0.4 is 4.90 Å². The third kappa shape index (κ3) is 4.08. The summed E-state index contributed by atoms with van der Waals surface area (Å²) in [6, 6.07) is 8.61. The minimum Gasteiger partial charge on any atom is -0.419 e. The minimum atomic E-state index is -3.49. The van der Waals surface area contributed by atoms with Crippen LogP contribution in [-0.4, -0.2) is 56.1 Å². The van der Waals surface area contributed by atoms with Crippen LogP contribution in [-0.2, 0) is 14.8 Å². The average molecular weight is 431 g/mol. The van der Waals surface area contributed by atoms with Gasteiger partial charge in [0.1, 0.15) is 6.07 Å². The molecular weight excluding hydrogens is 404 g/mol. The van der Waals surface area contributed by atoms with E-state index in [2.05, 4.69) is 11.1 Å². The number of nitriles is 1. The first-order chi connectivity index (χ1) is 14.4. The molecule has 160 valence electrons. The largest absolute Gasteiger partial charge is 0.419 e. The van der Waals surface area contributed by atoms with Gasteiger partial charge < -0.3 is 14.1 Å². The third-order valence-corrected chi connectivity index (χ3v) is 7.39. The summed E-state index contributed by atoms with van der Waals surface area (Å²) in [6.07, 6.45) is 2.90. The standard InChI is InChI=1S/C21H26N4O4S/c1-15-13-24(14-16(2)28-15)21-19(12-22)23-20(29-21)17-6-8-18(9-7-17)30(26,27)25-10-4-3-5-11-25/h6-9,15-16H,3-5,10-11,13-14H2,1-2H3/t15-,16-/m1/s1. The SMILES string of the molecule is C[C@@H]1CN(c2oc(-c3ccc(S(=O)(=O)N4CCCCC4)cc3)nc2C#N)C[C@@H](C)O1. The zero-order valence-corrected chi connectivity index (χ0v) is 18.1. The van der Waals surface area contributed by atoms with Crippen molar-refractivity contribution in [3.05, 3.63) is 30.0 Å². The fourth-order valence-corrected chi connectivity index (χ4v) is 5.61. The second-order valence-corrected chi connectivity index (χ2v) is 9.87. The number of hydrogen-bond acceptors (Lipinski definition) is 7. The molecule has 0 radical (unpaired) electrons. The van der Waals surface area contributed by atoms with Crippen molar-refractivity contribution in [2.45, 2.75) is 50.2 Å². The lowest BCUT2D eigenvalue weighted by molar-refractivity contribution is -0.00638. The maximum atomic E-state index is 12.8. The Hall–Kier alpha value is -2.41. The number of morpholine rings is 1. The molecule has 0 unspecified atom stereocenters. The van der Waals surface area contributed by atoms with Crippen LogP contribution in [0.15, 0.2) is 33.6 Å². The van der Waals surface area contributed by atoms with Gasteiger partial charge in [0.15, 0.2) is 0 Å². The topological polar surface area (TPSA) is 99.7 Å². The van der Waals surface area contributed by atoms with Crippen molar-refractivity contribution in [3.8, 4) is 17.5 Å². The molecule has 8 nitrogen and oxygen atoms in total. The number of hydrogen-bond donors (Lipinski definition) is 0. The molecule has 0 amide bonds. The zero-order chi connectivity index (χ0) is 21.3. The number of anilines is 1. The van der Waals surface area contributed by atoms with E-state index in [1.165, 1.54) is 0 Å². The Bertz CT molecular complexity index is 1030. The molecule has 2 aliphatic heterocycles. The van der Waals surface area contributed by atoms with Crippen molar-refractivity contribution in [1.29, 1.82) is 5.26 Å². The molecule has 2 aromatic rings. The molecule has 0 spiro atoms. The maximum absolute atomic E-state index is 12.8. The average Bonchev–Trinajstić information content (AvgIpc) is 3.18. The van der Waals surface area contributed by atoms with Gasteiger partial charge in [-0.15, -0.1) is 0 Å². The van der Waals surface area contributed by atoms with Gasteiger partial charge in [0.2, 0.25) is 27.5 Å². The van der Waals surface area contributed by atoms with Crippen molar-refractivity contribution in [3.63, 3.8) is 0 Å². The molecule has 1 aromatic heterocycles. The number of ether oxygens (including phenoxy) is 1. The highest BCUT2D eigenvalue weighted by Gasteiger charge is 2.29. The first kappa shape index (κ1) is 20.8. The lowest BCUT2D eigenvalue weighted by atomic mass is 10.2. The van der Waals surface area contributed by atoms with Gasteiger partial charge in [0.25, 0.3) is 0 Å². The van der Waals surface area contributed by atoms with Gasteiger partial charge in [-0.2, -0.15) is 14.6 Å². The molecule has 0 N–H and O–H groups in total. The van der Waals surface area contributed by atoms with Crippen LogP contribution in [0.5, 0.6) is 0 Å². The lowest BCUT2D eigenvalue weighted by Gasteiger charge is -2.34. The summed E-state index contributed by atoms with van der Waals surface area (Å²) in [5.41, 5.74) is 0.848. The number of rotatable bonds is 4. The second kappa shape index (κ2) is 8.38. The Morgan fingerprint density at radius 3 is 2.30 bits per heavy atom. The normalized spacial score (nSPS) is 23.3. The number of benzene rings is 1. The molecule has 0 aliphatic carbocycles. The molecule has 9 heteroatoms. The van der Waals surface area contributed by atoms with Crippen molar-refractivity contribution in [2.75, 3.05) is 31.1 Å². The fourth-order valence-electron chi connectivity index (χ4n) is 4.09. The van der Waals surface area contributed by atoms with E-state index in [9.17, 15) is 13.7 Å². The summed E-state index contributed by atoms with van der Waals surface area (Å²) in [5.74, 6) is 0.731. The Morgan fingerprint density at radius 2 is 1.70 bits per heavy atom. The predicted octanol–water partition coefficient (Wildman–Crippen LogP) is 3.00. The highest BCUT2D eigenvalue weighted by molar-refractivity contribution is 7.89. The third-order valence-electron chi connectivity index (χ3n) is 5.48. The van der Waals surface area contributed by atoms with Crippen LogP contribution in [0.3, 0.4) is 0 Å². The van der Waals surface area contributed by atoms with E-state index in [4.69, 9.17) is 9.15 Å². The summed E-state index contributed by atoms with van der Waals surface area (Å²) in [5, 5.41) is 9.52. The second-order valence-electron chi connectivity index (χ2n) is 7.94. The smallest absolute Gasteiger partial charge is 0.243 e. The van der Waals surface area contributed by atoms with Gasteiger partial charge in [0, 0.05) is 31.7 Å². The van der Waals surface area contributed by atoms with Gasteiger partial charge in [-0.3, -0.25) is 0 Å². The highest BCUT2D eigenvalue weighted by Crippen LogP contribution is 2.31. The van der Waals surface area contributed by atoms with Gasteiger partial charge in [0.05, 0.1) is 17.1 Å². The monoisotopic (exact) mass is 430 g/mol. The summed E-state index contributed by atoms with van der Waals surface area (Å²) >= 11 is 0. The molecule has 2 fully saturated rings. The molecule has 4 rings (SSSR count). The number of sulfonamides is 1. The highest BCUT2D eigenvalue weighted by atomic mass is 32.2. The van der Waals surface area contributed by atoms with Crippen LogP contribution in [0.1, 0.15) is 38.8 Å². The zero-order valence-electron chi connectivity index (χ0n) is 17.2. The first-order valence-electron chi connectivity index (χ1n) is 10.3. The van der Waals surface area contributed by atoms with Crippen LogP contribution >= 0.6 is 0 Å². The quantitative estimate of drug-likeness (QED) is 0.735. The van der Waals surface area contributed by atoms with Crippen LogP contribution in [0.2, 0.25) is 0 Å². The maximum Gasteiger partial charge on any atom is 0.243 e. The van der Waals surface area contributed by atoms with Crippen LogP contribution in [0.4, 0.5) is 5.88 Å². The van der Waals surface area contributed by atoms with E-state index in [1.54, 1.807) is 28.6 Å². The summed E-state index contributed by atoms with van der Waals surface area (Å²) in [6.45, 7) is 6.31. The van der Waals surface area contributed by atoms with Gasteiger partial charge in [-0.05, 0) is 51.0 Å². The molecule has 2 aliphatic rings. The van der Waals surface area contributed by atoms with Gasteiger partial charge >= 0.3 is 0 Å². The lowest BCUT2D eigenvalue weighted by Crippen LogP contribution is -2.45. The molecule has 3 heterocycles. The van der Waals surface area contributed by atoms with E-state index >= 15 is 0 Å². The number of aromatic nitrogens is 1. The van der Waals surface area contributed by atoms with Crippen LogP contribution in [0, 0.1) is 11.3 Å². The summed E-state index contributed by atoms with van der Waals surface area (Å²) in [4.78, 5) is 6.57. The number of nitrogens with zero attached hydrogens (tertiary/aromatic N) is 4. The molecule has 1 aromatic carbocycles. The number of oxazole rings is 1. The van der Waals surface area contributed by atoms with Crippen molar-refractivity contribution in [1.82, 2.24) is 9.29 Å². The van der Waals surface area contributed by atoms with Crippen LogP contribution in [0.25, 0.3) is 11.5 Å². The van der Waals surface area contributed by atoms with E-state index in [0.717, 1.165) is 19.3 Å². The van der Waals surface area contributed by atoms with Crippen molar-refractivity contribution < 1.29 is 17.6 Å². The van der Waals surface area contributed by atoms with E-state index in [1.807, 2.05) is 18.7 Å². The molecule has 30 heavy (non-hydrogen) atoms. The Kier molecular flexibility index (Phi) is 5.82. The predicted molar refractivity (Wildman–Crippen MR) is 111 cm³/mol. The van der Waals surface area contributed by atoms with E-state index in [0.29, 0.717) is 43.5 Å². The van der Waals surface area contributed by atoms with Crippen molar-refractivity contribution in [2.24, 2.45) is 0 Å². The van der Waals surface area contributed by atoms with Gasteiger partial charge in [-0.25, -0.2) is 8.42 Å². The Balaban J connectivity index is 1.59. The molecule has 2 atom stereocenters. The molecule has 0 saturated carbocycles. The minimum absolute atomic E-state index is 0.0214. The summed E-state index contributed by atoms with van der Waals surface area (Å²) < 4.78 is 38.9. The first-order valence-corrected chi connectivity index (χ1v) is 11.7. The summed E-state index contributed by atoms with van der Waals surface area (Å²) in [7, 11) is -3.49. The molecular formula is C21H26N4O4S. The Morgan fingerprint density at radius 1 is 1.07 bits per heavy atom. The van der Waals surface area contributed by atoms with E-state index in [-0.39, 0.29) is 22.8 Å². The number of piperidine rings is 1. The van der Waals surface area contributed by atoms with Crippen molar-refractivity contribution >= 4 is 15.9 Å². The van der Waals surface area contributed by atoms with E-state index < -0.39 is 10.0 Å². The van der Waals surface area contributed by atoms with Gasteiger partial charge in [-0.1, -0.05) is 6.42 Å².